The van der Waals surface area contributed by atoms with Gasteiger partial charge in [-0.2, -0.15) is 8.78 Å². The van der Waals surface area contributed by atoms with E-state index in [0.29, 0.717) is 6.42 Å². The Hall–Kier alpha value is -1.79. The molecule has 1 aromatic rings. The zero-order valence-electron chi connectivity index (χ0n) is 10.4. The average Bonchev–Trinajstić information content (AvgIpc) is 2.37. The van der Waals surface area contributed by atoms with Crippen LogP contribution in [0, 0.1) is 23.3 Å². The van der Waals surface area contributed by atoms with E-state index < -0.39 is 47.2 Å². The van der Waals surface area contributed by atoms with E-state index in [1.807, 2.05) is 0 Å². The predicted molar refractivity (Wildman–Crippen MR) is 57.5 cm³/mol. The molecule has 0 aliphatic carbocycles. The van der Waals surface area contributed by atoms with E-state index in [4.69, 9.17) is 0 Å². The maximum atomic E-state index is 13.5. The van der Waals surface area contributed by atoms with Crippen LogP contribution in [0.5, 0.6) is 5.75 Å². The van der Waals surface area contributed by atoms with Crippen LogP contribution in [0.15, 0.2) is 0 Å². The summed E-state index contributed by atoms with van der Waals surface area (Å²) in [5.74, 6) is -8.47. The Balaban J connectivity index is 3.05. The predicted octanol–water partition coefficient (Wildman–Crippen LogP) is 3.09. The molecule has 0 aliphatic heterocycles. The first kappa shape index (κ1) is 15.3. The van der Waals surface area contributed by atoms with E-state index in [-0.39, 0.29) is 6.42 Å². The normalized spacial score (nSPS) is 10.4. The molecule has 1 rings (SSSR count). The molecule has 106 valence electrons. The smallest absolute Gasteiger partial charge is 0.306 e. The van der Waals surface area contributed by atoms with E-state index in [1.165, 1.54) is 0 Å². The fraction of sp³-hybridized carbons (Fsp3) is 0.417. The van der Waals surface area contributed by atoms with Crippen molar-refractivity contribution in [2.45, 2.75) is 26.4 Å². The van der Waals surface area contributed by atoms with Crippen molar-refractivity contribution >= 4 is 5.97 Å². The minimum Gasteiger partial charge on any atom is -0.491 e. The van der Waals surface area contributed by atoms with Crippen molar-refractivity contribution in [1.82, 2.24) is 0 Å². The first-order chi connectivity index (χ1) is 8.93. The molecular weight excluding hydrogens is 268 g/mol. The van der Waals surface area contributed by atoms with Gasteiger partial charge in [0.1, 0.15) is 6.61 Å². The summed E-state index contributed by atoms with van der Waals surface area (Å²) >= 11 is 0. The van der Waals surface area contributed by atoms with Gasteiger partial charge in [-0.15, -0.1) is 0 Å². The number of carbonyl (C=O) groups is 1. The molecular formula is C12H12F4O3. The lowest BCUT2D eigenvalue weighted by Gasteiger charge is -2.11. The average molecular weight is 280 g/mol. The number of carbonyl (C=O) groups excluding carboxylic acids is 1. The molecule has 7 heteroatoms. The van der Waals surface area contributed by atoms with E-state index in [0.717, 1.165) is 7.11 Å². The SMILES string of the molecule is CCCC(=O)OCc1c(F)c(F)c(OC)c(F)c1F. The minimum atomic E-state index is -1.66. The van der Waals surface area contributed by atoms with Crippen LogP contribution in [0.1, 0.15) is 25.3 Å². The van der Waals surface area contributed by atoms with E-state index in [1.54, 1.807) is 6.92 Å². The summed E-state index contributed by atoms with van der Waals surface area (Å²) in [4.78, 5) is 11.1. The van der Waals surface area contributed by atoms with Gasteiger partial charge < -0.3 is 9.47 Å². The first-order valence-electron chi connectivity index (χ1n) is 5.48. The molecule has 0 amide bonds. The number of ether oxygens (including phenoxy) is 2. The van der Waals surface area contributed by atoms with E-state index in [2.05, 4.69) is 9.47 Å². The molecule has 0 aliphatic rings. The summed E-state index contributed by atoms with van der Waals surface area (Å²) in [5, 5.41) is 0. The summed E-state index contributed by atoms with van der Waals surface area (Å²) < 4.78 is 62.3. The molecule has 0 N–H and O–H groups in total. The van der Waals surface area contributed by atoms with Crippen LogP contribution in [-0.4, -0.2) is 13.1 Å². The molecule has 0 heterocycles. The first-order valence-corrected chi connectivity index (χ1v) is 5.48. The van der Waals surface area contributed by atoms with E-state index >= 15 is 0 Å². The highest BCUT2D eigenvalue weighted by Gasteiger charge is 2.26. The lowest BCUT2D eigenvalue weighted by molar-refractivity contribution is -0.145. The van der Waals surface area contributed by atoms with Crippen LogP contribution in [0.25, 0.3) is 0 Å². The van der Waals surface area contributed by atoms with E-state index in [9.17, 15) is 22.4 Å². The van der Waals surface area contributed by atoms with Crippen molar-refractivity contribution in [2.75, 3.05) is 7.11 Å². The summed E-state index contributed by atoms with van der Waals surface area (Å²) in [6.45, 7) is 0.823. The topological polar surface area (TPSA) is 35.5 Å². The Labute approximate surface area is 107 Å². The van der Waals surface area contributed by atoms with Gasteiger partial charge >= 0.3 is 5.97 Å². The fourth-order valence-electron chi connectivity index (χ4n) is 1.39. The molecule has 1 aromatic carbocycles. The van der Waals surface area contributed by atoms with Crippen molar-refractivity contribution in [3.05, 3.63) is 28.8 Å². The second-order valence-electron chi connectivity index (χ2n) is 3.68. The zero-order valence-corrected chi connectivity index (χ0v) is 10.4. The highest BCUT2D eigenvalue weighted by atomic mass is 19.2. The lowest BCUT2D eigenvalue weighted by Crippen LogP contribution is -2.10. The molecule has 0 aromatic heterocycles. The highest BCUT2D eigenvalue weighted by molar-refractivity contribution is 5.69. The summed E-state index contributed by atoms with van der Waals surface area (Å²) in [7, 11) is 0.876. The van der Waals surface area contributed by atoms with Crippen molar-refractivity contribution in [3.8, 4) is 5.75 Å². The molecule has 0 fully saturated rings. The molecule has 0 radical (unpaired) electrons. The third-order valence-corrected chi connectivity index (χ3v) is 2.35. The molecule has 0 saturated heterocycles. The molecule has 0 unspecified atom stereocenters. The molecule has 0 atom stereocenters. The second-order valence-corrected chi connectivity index (χ2v) is 3.68. The quantitative estimate of drug-likeness (QED) is 0.472. The summed E-state index contributed by atoms with van der Waals surface area (Å²) in [6.07, 6.45) is 0.527. The molecule has 0 saturated carbocycles. The number of hydrogen-bond donors (Lipinski definition) is 0. The molecule has 0 bridgehead atoms. The summed E-state index contributed by atoms with van der Waals surface area (Å²) in [6, 6.07) is 0. The van der Waals surface area contributed by atoms with Gasteiger partial charge in [0.05, 0.1) is 12.7 Å². The zero-order chi connectivity index (χ0) is 14.6. The van der Waals surface area contributed by atoms with Crippen molar-refractivity contribution in [2.24, 2.45) is 0 Å². The van der Waals surface area contributed by atoms with Crippen molar-refractivity contribution < 1.29 is 31.8 Å². The van der Waals surface area contributed by atoms with Crippen LogP contribution in [0.2, 0.25) is 0 Å². The number of benzene rings is 1. The number of methoxy groups -OCH3 is 1. The van der Waals surface area contributed by atoms with Crippen molar-refractivity contribution in [3.63, 3.8) is 0 Å². The van der Waals surface area contributed by atoms with Gasteiger partial charge in [0.25, 0.3) is 0 Å². The van der Waals surface area contributed by atoms with Crippen LogP contribution in [0.4, 0.5) is 17.6 Å². The molecule has 3 nitrogen and oxygen atoms in total. The van der Waals surface area contributed by atoms with Gasteiger partial charge in [-0.3, -0.25) is 4.79 Å². The third-order valence-electron chi connectivity index (χ3n) is 2.35. The standard InChI is InChI=1S/C12H12F4O3/c1-3-4-7(17)19-5-6-8(13)10(15)12(18-2)11(16)9(6)14/h3-5H2,1-2H3. The second kappa shape index (κ2) is 6.40. The maximum absolute atomic E-state index is 13.5. The fourth-order valence-corrected chi connectivity index (χ4v) is 1.39. The van der Waals surface area contributed by atoms with Crippen molar-refractivity contribution in [1.29, 1.82) is 0 Å². The molecule has 19 heavy (non-hydrogen) atoms. The monoisotopic (exact) mass is 280 g/mol. The third kappa shape index (κ3) is 3.15. The summed E-state index contributed by atoms with van der Waals surface area (Å²) in [5.41, 5.74) is -0.986. The minimum absolute atomic E-state index is 0.0460. The Morgan fingerprint density at radius 2 is 1.58 bits per heavy atom. The number of hydrogen-bond acceptors (Lipinski definition) is 3. The van der Waals surface area contributed by atoms with Crippen LogP contribution in [0.3, 0.4) is 0 Å². The van der Waals surface area contributed by atoms with Crippen LogP contribution < -0.4 is 4.74 Å². The van der Waals surface area contributed by atoms with Gasteiger partial charge in [0, 0.05) is 6.42 Å². The molecule has 0 spiro atoms. The Morgan fingerprint density at radius 3 is 2.00 bits per heavy atom. The van der Waals surface area contributed by atoms with Gasteiger partial charge in [-0.1, -0.05) is 6.92 Å². The Kier molecular flexibility index (Phi) is 5.14. The number of halogens is 4. The van der Waals surface area contributed by atoms with Gasteiger partial charge in [-0.05, 0) is 6.42 Å². The van der Waals surface area contributed by atoms with Gasteiger partial charge in [-0.25, -0.2) is 8.78 Å². The maximum Gasteiger partial charge on any atom is 0.306 e. The Morgan fingerprint density at radius 1 is 1.05 bits per heavy atom. The highest BCUT2D eigenvalue weighted by Crippen LogP contribution is 2.30. The largest absolute Gasteiger partial charge is 0.491 e. The number of rotatable bonds is 5. The lowest BCUT2D eigenvalue weighted by atomic mass is 10.1. The number of esters is 1. The van der Waals surface area contributed by atoms with Crippen LogP contribution in [-0.2, 0) is 16.1 Å². The van der Waals surface area contributed by atoms with Gasteiger partial charge in [0.15, 0.2) is 17.4 Å². The Bertz CT molecular complexity index is 459. The van der Waals surface area contributed by atoms with Gasteiger partial charge in [0.2, 0.25) is 11.6 Å². The van der Waals surface area contributed by atoms with Crippen LogP contribution >= 0.6 is 0 Å².